The first kappa shape index (κ1) is 18.5. The van der Waals surface area contributed by atoms with Crippen LogP contribution in [0.15, 0.2) is 23.8 Å². The fraction of sp³-hybridized carbons (Fsp3) is 0.375. The second-order valence-electron chi connectivity index (χ2n) is 4.75. The van der Waals surface area contributed by atoms with Crippen LogP contribution in [0.3, 0.4) is 0 Å². The number of esters is 2. The number of carbonyl (C=O) groups is 2. The maximum absolute atomic E-state index is 12.0. The first-order chi connectivity index (χ1) is 8.86. The zero-order valence-corrected chi connectivity index (χ0v) is 14.3. The highest BCUT2D eigenvalue weighted by atomic mass is 31.0. The SMILES string of the molecule is CCC=C(C)C(=O)OC(=O)c1c(C)cc(C)cc1C.P. The number of hydrogen-bond donors (Lipinski definition) is 0. The van der Waals surface area contributed by atoms with E-state index in [-0.39, 0.29) is 9.90 Å². The topological polar surface area (TPSA) is 43.4 Å². The number of aryl methyl sites for hydroxylation is 3. The summed E-state index contributed by atoms with van der Waals surface area (Å²) in [4.78, 5) is 23.7. The Bertz CT molecular complexity index is 522. The van der Waals surface area contributed by atoms with E-state index >= 15 is 0 Å². The summed E-state index contributed by atoms with van der Waals surface area (Å²) in [5, 5.41) is 0. The lowest BCUT2D eigenvalue weighted by Gasteiger charge is -2.10. The van der Waals surface area contributed by atoms with Gasteiger partial charge in [0.15, 0.2) is 0 Å². The molecule has 0 fully saturated rings. The highest BCUT2D eigenvalue weighted by molar-refractivity contribution is 6.92. The van der Waals surface area contributed by atoms with Crippen molar-refractivity contribution in [3.8, 4) is 0 Å². The molecule has 1 aromatic carbocycles. The smallest absolute Gasteiger partial charge is 0.346 e. The Balaban J connectivity index is 0.00000361. The lowest BCUT2D eigenvalue weighted by Crippen LogP contribution is -2.15. The Morgan fingerprint density at radius 2 is 1.65 bits per heavy atom. The number of ether oxygens (including phenoxy) is 1. The molecule has 0 radical (unpaired) electrons. The van der Waals surface area contributed by atoms with Crippen LogP contribution in [0.1, 0.15) is 47.3 Å². The van der Waals surface area contributed by atoms with Crippen LogP contribution in [-0.4, -0.2) is 11.9 Å². The van der Waals surface area contributed by atoms with Gasteiger partial charge in [-0.05, 0) is 45.2 Å². The zero-order valence-electron chi connectivity index (χ0n) is 12.9. The van der Waals surface area contributed by atoms with Crippen molar-refractivity contribution >= 4 is 21.8 Å². The maximum atomic E-state index is 12.0. The lowest BCUT2D eigenvalue weighted by atomic mass is 10.00. The Morgan fingerprint density at radius 3 is 2.10 bits per heavy atom. The summed E-state index contributed by atoms with van der Waals surface area (Å²) in [5.41, 5.74) is 3.67. The van der Waals surface area contributed by atoms with E-state index < -0.39 is 11.9 Å². The molecule has 0 saturated carbocycles. The number of carbonyl (C=O) groups excluding carboxylic acids is 2. The molecule has 0 aliphatic rings. The average molecular weight is 294 g/mol. The molecular weight excluding hydrogens is 271 g/mol. The monoisotopic (exact) mass is 294 g/mol. The van der Waals surface area contributed by atoms with E-state index in [9.17, 15) is 9.59 Å². The van der Waals surface area contributed by atoms with E-state index in [0.29, 0.717) is 11.1 Å². The molecule has 0 spiro atoms. The van der Waals surface area contributed by atoms with Crippen LogP contribution in [0.5, 0.6) is 0 Å². The standard InChI is InChI=1S/C16H20O3.H3P/c1-6-7-11(3)15(17)19-16(18)14-12(4)8-10(2)9-13(14)5;/h7-9H,6H2,1-5H3;1H3. The van der Waals surface area contributed by atoms with Crippen molar-refractivity contribution in [1.29, 1.82) is 0 Å². The highest BCUT2D eigenvalue weighted by Gasteiger charge is 2.18. The summed E-state index contributed by atoms with van der Waals surface area (Å²) in [6.07, 6.45) is 2.47. The van der Waals surface area contributed by atoms with E-state index in [1.165, 1.54) is 0 Å². The molecule has 0 saturated heterocycles. The average Bonchev–Trinajstić information content (AvgIpc) is 2.27. The molecule has 0 heterocycles. The molecule has 0 N–H and O–H groups in total. The van der Waals surface area contributed by atoms with Crippen LogP contribution >= 0.6 is 9.90 Å². The van der Waals surface area contributed by atoms with Gasteiger partial charge in [0.1, 0.15) is 0 Å². The Kier molecular flexibility index (Phi) is 7.38. The maximum Gasteiger partial charge on any atom is 0.346 e. The summed E-state index contributed by atoms with van der Waals surface area (Å²) in [7, 11) is 0. The predicted molar refractivity (Wildman–Crippen MR) is 86.2 cm³/mol. The molecule has 0 aliphatic carbocycles. The minimum absolute atomic E-state index is 0. The van der Waals surface area contributed by atoms with Gasteiger partial charge < -0.3 is 4.74 Å². The third-order valence-electron chi connectivity index (χ3n) is 2.90. The summed E-state index contributed by atoms with van der Waals surface area (Å²) in [6.45, 7) is 9.22. The first-order valence-electron chi connectivity index (χ1n) is 6.38. The van der Waals surface area contributed by atoms with Crippen molar-refractivity contribution in [2.45, 2.75) is 41.0 Å². The van der Waals surface area contributed by atoms with Gasteiger partial charge >= 0.3 is 11.9 Å². The van der Waals surface area contributed by atoms with E-state index in [1.807, 2.05) is 39.8 Å². The zero-order chi connectivity index (χ0) is 14.6. The molecule has 0 amide bonds. The fourth-order valence-corrected chi connectivity index (χ4v) is 2.11. The largest absolute Gasteiger partial charge is 0.386 e. The van der Waals surface area contributed by atoms with Gasteiger partial charge in [0.05, 0.1) is 5.56 Å². The van der Waals surface area contributed by atoms with Gasteiger partial charge in [0.2, 0.25) is 0 Å². The van der Waals surface area contributed by atoms with Crippen molar-refractivity contribution in [1.82, 2.24) is 0 Å². The third-order valence-corrected chi connectivity index (χ3v) is 2.90. The Labute approximate surface area is 124 Å². The van der Waals surface area contributed by atoms with E-state index in [0.717, 1.165) is 23.1 Å². The van der Waals surface area contributed by atoms with Crippen LogP contribution in [0.4, 0.5) is 0 Å². The summed E-state index contributed by atoms with van der Waals surface area (Å²) in [5.74, 6) is -1.16. The van der Waals surface area contributed by atoms with Gasteiger partial charge in [-0.15, -0.1) is 0 Å². The first-order valence-corrected chi connectivity index (χ1v) is 6.38. The Hall–Kier alpha value is -1.47. The second kappa shape index (κ2) is 7.96. The predicted octanol–water partition coefficient (Wildman–Crippen LogP) is 3.71. The van der Waals surface area contributed by atoms with Crippen molar-refractivity contribution in [2.75, 3.05) is 0 Å². The molecule has 1 rings (SSSR count). The minimum atomic E-state index is -0.580. The van der Waals surface area contributed by atoms with Crippen LogP contribution in [0.25, 0.3) is 0 Å². The Morgan fingerprint density at radius 1 is 1.15 bits per heavy atom. The molecule has 4 heteroatoms. The highest BCUT2D eigenvalue weighted by Crippen LogP contribution is 2.18. The molecule has 1 atom stereocenters. The quantitative estimate of drug-likeness (QED) is 0.369. The van der Waals surface area contributed by atoms with E-state index in [1.54, 1.807) is 13.0 Å². The van der Waals surface area contributed by atoms with Gasteiger partial charge in [0, 0.05) is 5.57 Å². The molecule has 0 aromatic heterocycles. The molecule has 3 nitrogen and oxygen atoms in total. The molecule has 20 heavy (non-hydrogen) atoms. The molecular formula is C16H23O3P. The minimum Gasteiger partial charge on any atom is -0.386 e. The van der Waals surface area contributed by atoms with E-state index in [2.05, 4.69) is 0 Å². The lowest BCUT2D eigenvalue weighted by molar-refractivity contribution is -0.133. The molecule has 1 unspecified atom stereocenters. The number of benzene rings is 1. The fourth-order valence-electron chi connectivity index (χ4n) is 2.11. The summed E-state index contributed by atoms with van der Waals surface area (Å²) in [6, 6.07) is 3.81. The third kappa shape index (κ3) is 4.57. The van der Waals surface area contributed by atoms with Gasteiger partial charge in [-0.3, -0.25) is 0 Å². The second-order valence-corrected chi connectivity index (χ2v) is 4.75. The molecule has 1 aromatic rings. The summed E-state index contributed by atoms with van der Waals surface area (Å²) >= 11 is 0. The van der Waals surface area contributed by atoms with Gasteiger partial charge in [-0.1, -0.05) is 30.7 Å². The van der Waals surface area contributed by atoms with Crippen molar-refractivity contribution in [2.24, 2.45) is 0 Å². The summed E-state index contributed by atoms with van der Waals surface area (Å²) < 4.78 is 4.91. The number of hydrogen-bond acceptors (Lipinski definition) is 3. The van der Waals surface area contributed by atoms with Crippen LogP contribution in [0.2, 0.25) is 0 Å². The van der Waals surface area contributed by atoms with E-state index in [4.69, 9.17) is 4.74 Å². The molecule has 0 aliphatic heterocycles. The van der Waals surface area contributed by atoms with Gasteiger partial charge in [-0.2, -0.15) is 9.90 Å². The van der Waals surface area contributed by atoms with Crippen molar-refractivity contribution in [3.63, 3.8) is 0 Å². The van der Waals surface area contributed by atoms with Gasteiger partial charge in [-0.25, -0.2) is 9.59 Å². The number of rotatable bonds is 3. The molecule has 110 valence electrons. The van der Waals surface area contributed by atoms with Crippen LogP contribution < -0.4 is 0 Å². The number of allylic oxidation sites excluding steroid dienone is 1. The van der Waals surface area contributed by atoms with Crippen molar-refractivity contribution in [3.05, 3.63) is 46.0 Å². The normalized spacial score (nSPS) is 10.8. The van der Waals surface area contributed by atoms with Crippen molar-refractivity contribution < 1.29 is 14.3 Å². The van der Waals surface area contributed by atoms with Gasteiger partial charge in [0.25, 0.3) is 0 Å². The van der Waals surface area contributed by atoms with Crippen LogP contribution in [0, 0.1) is 20.8 Å². The molecule has 0 bridgehead atoms. The van der Waals surface area contributed by atoms with Crippen LogP contribution in [-0.2, 0) is 9.53 Å².